The first kappa shape index (κ1) is 25.4. The van der Waals surface area contributed by atoms with Gasteiger partial charge in [-0.2, -0.15) is 9.78 Å². The minimum Gasteiger partial charge on any atom is -0.497 e. The van der Waals surface area contributed by atoms with Crippen molar-refractivity contribution < 1.29 is 9.53 Å². The summed E-state index contributed by atoms with van der Waals surface area (Å²) in [5.74, 6) is 0.395. The van der Waals surface area contributed by atoms with Crippen molar-refractivity contribution in [1.29, 1.82) is 0 Å². The van der Waals surface area contributed by atoms with E-state index in [1.54, 1.807) is 31.4 Å². The van der Waals surface area contributed by atoms with Crippen molar-refractivity contribution in [3.8, 4) is 11.4 Å². The molecule has 0 spiro atoms. The molecule has 8 heteroatoms. The Labute approximate surface area is 211 Å². The van der Waals surface area contributed by atoms with Gasteiger partial charge in [0.05, 0.1) is 12.8 Å². The average Bonchev–Trinajstić information content (AvgIpc) is 3.20. The van der Waals surface area contributed by atoms with E-state index in [0.29, 0.717) is 28.9 Å². The fourth-order valence-corrected chi connectivity index (χ4v) is 4.79. The quantitative estimate of drug-likeness (QED) is 0.321. The van der Waals surface area contributed by atoms with E-state index in [9.17, 15) is 9.59 Å². The summed E-state index contributed by atoms with van der Waals surface area (Å²) in [6.45, 7) is 7.97. The number of carbonyl (C=O) groups is 1. The normalized spacial score (nSPS) is 11.5. The lowest BCUT2D eigenvalue weighted by Gasteiger charge is -2.20. The first-order valence-electron chi connectivity index (χ1n) is 12.7. The molecule has 0 saturated carbocycles. The first-order valence-corrected chi connectivity index (χ1v) is 12.7. The predicted octanol–water partition coefficient (Wildman–Crippen LogP) is 4.13. The molecule has 4 aromatic rings. The summed E-state index contributed by atoms with van der Waals surface area (Å²) in [7, 11) is 3.44. The van der Waals surface area contributed by atoms with Crippen LogP contribution in [0.3, 0.4) is 0 Å². The lowest BCUT2D eigenvalue weighted by molar-refractivity contribution is 0.0947. The average molecular weight is 490 g/mol. The first-order chi connectivity index (χ1) is 17.5. The Bertz CT molecular complexity index is 1400. The third-order valence-electron chi connectivity index (χ3n) is 6.49. The second-order valence-corrected chi connectivity index (χ2v) is 9.01. The molecule has 190 valence electrons. The highest BCUT2D eigenvalue weighted by atomic mass is 16.5. The molecular formula is C28H35N5O3. The smallest absolute Gasteiger partial charge is 0.296 e. The topological polar surface area (TPSA) is 81.4 Å². The van der Waals surface area contributed by atoms with Gasteiger partial charge in [0.15, 0.2) is 5.69 Å². The van der Waals surface area contributed by atoms with E-state index >= 15 is 0 Å². The molecule has 2 aromatic carbocycles. The van der Waals surface area contributed by atoms with Gasteiger partial charge in [-0.1, -0.05) is 32.0 Å². The highest BCUT2D eigenvalue weighted by molar-refractivity contribution is 6.16. The van der Waals surface area contributed by atoms with Crippen molar-refractivity contribution >= 4 is 27.7 Å². The number of aromatic nitrogens is 3. The summed E-state index contributed by atoms with van der Waals surface area (Å²) in [6, 6.07) is 14.8. The van der Waals surface area contributed by atoms with Gasteiger partial charge in [-0.25, -0.2) is 0 Å². The number of methoxy groups -OCH3 is 1. The number of nitrogens with one attached hydrogen (secondary N) is 1. The highest BCUT2D eigenvalue weighted by Crippen LogP contribution is 2.28. The fourth-order valence-electron chi connectivity index (χ4n) is 4.79. The van der Waals surface area contributed by atoms with Gasteiger partial charge in [0.2, 0.25) is 0 Å². The molecule has 0 radical (unpaired) electrons. The SMILES string of the molecule is CCCN(CCC)CCCNC(=O)c1nn(-c2ccc(OC)cc2)c(=O)c2c1c1ccccc1n2C. The van der Waals surface area contributed by atoms with Crippen molar-refractivity contribution in [3.05, 3.63) is 64.6 Å². The van der Waals surface area contributed by atoms with E-state index in [-0.39, 0.29) is 17.2 Å². The molecule has 0 aliphatic rings. The molecule has 0 aliphatic heterocycles. The summed E-state index contributed by atoms with van der Waals surface area (Å²) in [5.41, 5.74) is 1.86. The maximum atomic E-state index is 13.6. The van der Waals surface area contributed by atoms with Gasteiger partial charge in [0.1, 0.15) is 11.3 Å². The number of aryl methyl sites for hydroxylation is 1. The fraction of sp³-hybridized carbons (Fsp3) is 0.393. The van der Waals surface area contributed by atoms with Crippen LogP contribution in [-0.4, -0.2) is 58.4 Å². The molecule has 8 nitrogen and oxygen atoms in total. The van der Waals surface area contributed by atoms with Crippen molar-refractivity contribution in [2.24, 2.45) is 7.05 Å². The Hall–Kier alpha value is -3.65. The van der Waals surface area contributed by atoms with Crippen LogP contribution < -0.4 is 15.6 Å². The Morgan fingerprint density at radius 1 is 1.03 bits per heavy atom. The van der Waals surface area contributed by atoms with Gasteiger partial charge in [-0.15, -0.1) is 0 Å². The maximum absolute atomic E-state index is 13.6. The second kappa shape index (κ2) is 11.4. The van der Waals surface area contributed by atoms with E-state index in [2.05, 4.69) is 29.2 Å². The van der Waals surface area contributed by atoms with Gasteiger partial charge in [0, 0.05) is 29.9 Å². The molecular weight excluding hydrogens is 454 g/mol. The monoisotopic (exact) mass is 489 g/mol. The third kappa shape index (κ3) is 4.99. The van der Waals surface area contributed by atoms with E-state index in [4.69, 9.17) is 4.74 Å². The molecule has 0 unspecified atom stereocenters. The Balaban J connectivity index is 1.72. The molecule has 0 saturated heterocycles. The number of para-hydroxylation sites is 1. The highest BCUT2D eigenvalue weighted by Gasteiger charge is 2.23. The molecule has 36 heavy (non-hydrogen) atoms. The van der Waals surface area contributed by atoms with Gasteiger partial charge < -0.3 is 19.5 Å². The minimum atomic E-state index is -0.281. The van der Waals surface area contributed by atoms with Crippen LogP contribution in [0.5, 0.6) is 5.75 Å². The van der Waals surface area contributed by atoms with Crippen LogP contribution in [0.1, 0.15) is 43.6 Å². The molecule has 0 bridgehead atoms. The molecule has 0 atom stereocenters. The zero-order valence-corrected chi connectivity index (χ0v) is 21.6. The second-order valence-electron chi connectivity index (χ2n) is 9.01. The zero-order chi connectivity index (χ0) is 25.7. The lowest BCUT2D eigenvalue weighted by Crippen LogP contribution is -2.33. The molecule has 0 fully saturated rings. The number of ether oxygens (including phenoxy) is 1. The summed E-state index contributed by atoms with van der Waals surface area (Å²) in [4.78, 5) is 29.5. The van der Waals surface area contributed by atoms with Crippen molar-refractivity contribution in [1.82, 2.24) is 24.6 Å². The number of hydrogen-bond donors (Lipinski definition) is 1. The Kier molecular flexibility index (Phi) is 8.05. The summed E-state index contributed by atoms with van der Waals surface area (Å²) in [5, 5.41) is 9.06. The standard InChI is InChI=1S/C28H35N5O3/c1-5-17-32(18-6-2)19-9-16-29-27(34)25-24-22-10-7-8-11-23(22)31(3)26(24)28(35)33(30-25)20-12-14-21(36-4)15-13-20/h7-8,10-15H,5-6,9,16-19H2,1-4H3,(H,29,34). The van der Waals surface area contributed by atoms with Crippen LogP contribution in [0.2, 0.25) is 0 Å². The molecule has 1 N–H and O–H groups in total. The number of carbonyl (C=O) groups excluding carboxylic acids is 1. The van der Waals surface area contributed by atoms with Crippen LogP contribution in [0, 0.1) is 0 Å². The van der Waals surface area contributed by atoms with Crippen LogP contribution in [-0.2, 0) is 7.05 Å². The molecule has 4 rings (SSSR count). The number of benzene rings is 2. The van der Waals surface area contributed by atoms with Crippen LogP contribution in [0.25, 0.3) is 27.5 Å². The third-order valence-corrected chi connectivity index (χ3v) is 6.49. The van der Waals surface area contributed by atoms with Crippen LogP contribution in [0.15, 0.2) is 53.3 Å². The van der Waals surface area contributed by atoms with E-state index in [1.807, 2.05) is 35.9 Å². The molecule has 1 amide bonds. The van der Waals surface area contributed by atoms with E-state index in [1.165, 1.54) is 4.68 Å². The number of fused-ring (bicyclic) bond motifs is 3. The molecule has 0 aliphatic carbocycles. The summed E-state index contributed by atoms with van der Waals surface area (Å²) < 4.78 is 8.40. The van der Waals surface area contributed by atoms with E-state index < -0.39 is 0 Å². The van der Waals surface area contributed by atoms with Gasteiger partial charge in [-0.05, 0) is 69.2 Å². The Morgan fingerprint density at radius 3 is 2.39 bits per heavy atom. The number of rotatable bonds is 11. The van der Waals surface area contributed by atoms with Crippen molar-refractivity contribution in [2.75, 3.05) is 33.3 Å². The lowest BCUT2D eigenvalue weighted by atomic mass is 10.1. The van der Waals surface area contributed by atoms with Gasteiger partial charge in [-0.3, -0.25) is 9.59 Å². The van der Waals surface area contributed by atoms with Crippen LogP contribution >= 0.6 is 0 Å². The summed E-state index contributed by atoms with van der Waals surface area (Å²) >= 11 is 0. The minimum absolute atomic E-state index is 0.246. The van der Waals surface area contributed by atoms with Crippen molar-refractivity contribution in [2.45, 2.75) is 33.1 Å². The van der Waals surface area contributed by atoms with Gasteiger partial charge >= 0.3 is 0 Å². The molecule has 2 aromatic heterocycles. The van der Waals surface area contributed by atoms with Crippen molar-refractivity contribution in [3.63, 3.8) is 0 Å². The molecule has 2 heterocycles. The number of amides is 1. The largest absolute Gasteiger partial charge is 0.497 e. The van der Waals surface area contributed by atoms with E-state index in [0.717, 1.165) is 49.8 Å². The number of hydrogen-bond acceptors (Lipinski definition) is 5. The number of nitrogens with zero attached hydrogens (tertiary/aromatic N) is 4. The predicted molar refractivity (Wildman–Crippen MR) is 144 cm³/mol. The van der Waals surface area contributed by atoms with Gasteiger partial charge in [0.25, 0.3) is 11.5 Å². The zero-order valence-electron chi connectivity index (χ0n) is 21.6. The summed E-state index contributed by atoms with van der Waals surface area (Å²) in [6.07, 6.45) is 3.08. The Morgan fingerprint density at radius 2 is 1.72 bits per heavy atom. The maximum Gasteiger partial charge on any atom is 0.296 e. The van der Waals surface area contributed by atoms with Crippen LogP contribution in [0.4, 0.5) is 0 Å².